The van der Waals surface area contributed by atoms with Crippen molar-refractivity contribution in [1.29, 1.82) is 0 Å². The van der Waals surface area contributed by atoms with Gasteiger partial charge in [0, 0.05) is 17.5 Å². The van der Waals surface area contributed by atoms with Crippen LogP contribution in [0.25, 0.3) is 0 Å². The third-order valence-electron chi connectivity index (χ3n) is 3.23. The summed E-state index contributed by atoms with van der Waals surface area (Å²) >= 11 is 5.08. The topological polar surface area (TPSA) is 35.2 Å². The lowest BCUT2D eigenvalue weighted by Crippen LogP contribution is -2.11. The molecule has 2 aromatic rings. The molecule has 1 unspecified atom stereocenters. The lowest BCUT2D eigenvalue weighted by Gasteiger charge is -2.10. The Morgan fingerprint density at radius 3 is 2.61 bits per heavy atom. The molecule has 0 fully saturated rings. The summed E-state index contributed by atoms with van der Waals surface area (Å²) in [4.78, 5) is 0.434. The van der Waals surface area contributed by atoms with E-state index < -0.39 is 0 Å². The van der Waals surface area contributed by atoms with E-state index in [2.05, 4.69) is 12.1 Å². The van der Waals surface area contributed by atoms with Crippen LogP contribution < -0.4 is 10.5 Å². The van der Waals surface area contributed by atoms with Crippen LogP contribution in [0.3, 0.4) is 0 Å². The Balaban J connectivity index is 1.97. The molecule has 0 amide bonds. The monoisotopic (exact) mass is 255 g/mol. The molecule has 0 saturated carbocycles. The summed E-state index contributed by atoms with van der Waals surface area (Å²) in [5.74, 6) is 0.897. The highest BCUT2D eigenvalue weighted by Crippen LogP contribution is 2.38. The van der Waals surface area contributed by atoms with E-state index in [-0.39, 0.29) is 6.10 Å². The van der Waals surface area contributed by atoms with Gasteiger partial charge in [-0.05, 0) is 11.6 Å². The zero-order valence-electron chi connectivity index (χ0n) is 9.80. The number of benzene rings is 2. The molecule has 1 aliphatic heterocycles. The van der Waals surface area contributed by atoms with Crippen LogP contribution in [0.1, 0.15) is 22.8 Å². The quantitative estimate of drug-likeness (QED) is 0.838. The van der Waals surface area contributed by atoms with Crippen LogP contribution in [0.4, 0.5) is 0 Å². The third-order valence-corrected chi connectivity index (χ3v) is 3.45. The Morgan fingerprint density at radius 2 is 1.89 bits per heavy atom. The second-order valence-electron chi connectivity index (χ2n) is 4.37. The van der Waals surface area contributed by atoms with Crippen molar-refractivity contribution in [3.8, 4) is 5.75 Å². The van der Waals surface area contributed by atoms with Crippen molar-refractivity contribution in [2.24, 2.45) is 5.73 Å². The first-order chi connectivity index (χ1) is 8.75. The molecule has 0 saturated heterocycles. The standard InChI is InChI=1S/C15H13NOS/c16-15(18)11-7-4-8-13-12(11)9-14(17-13)10-5-2-1-3-6-10/h1-8,14H,9H2,(H2,16,18). The maximum Gasteiger partial charge on any atom is 0.128 e. The lowest BCUT2D eigenvalue weighted by atomic mass is 10.00. The number of hydrogen-bond donors (Lipinski definition) is 1. The molecule has 0 aliphatic carbocycles. The Morgan fingerprint density at radius 1 is 1.11 bits per heavy atom. The number of fused-ring (bicyclic) bond motifs is 1. The number of nitrogens with two attached hydrogens (primary N) is 1. The van der Waals surface area contributed by atoms with Crippen LogP contribution in [-0.2, 0) is 6.42 Å². The Hall–Kier alpha value is -1.87. The summed E-state index contributed by atoms with van der Waals surface area (Å²) in [7, 11) is 0. The average Bonchev–Trinajstić information content (AvgIpc) is 2.83. The van der Waals surface area contributed by atoms with E-state index in [0.29, 0.717) is 4.99 Å². The highest BCUT2D eigenvalue weighted by molar-refractivity contribution is 7.80. The van der Waals surface area contributed by atoms with Crippen molar-refractivity contribution in [2.75, 3.05) is 0 Å². The van der Waals surface area contributed by atoms with Gasteiger partial charge in [0.2, 0.25) is 0 Å². The Kier molecular flexibility index (Phi) is 2.76. The van der Waals surface area contributed by atoms with E-state index in [1.165, 1.54) is 5.56 Å². The van der Waals surface area contributed by atoms with E-state index in [9.17, 15) is 0 Å². The maximum atomic E-state index is 5.97. The molecule has 1 atom stereocenters. The van der Waals surface area contributed by atoms with Gasteiger partial charge in [0.1, 0.15) is 16.8 Å². The summed E-state index contributed by atoms with van der Waals surface area (Å²) in [6.45, 7) is 0. The molecule has 2 nitrogen and oxygen atoms in total. The van der Waals surface area contributed by atoms with Gasteiger partial charge in [-0.1, -0.05) is 54.7 Å². The van der Waals surface area contributed by atoms with Gasteiger partial charge in [0.15, 0.2) is 0 Å². The number of hydrogen-bond acceptors (Lipinski definition) is 2. The molecule has 3 heteroatoms. The third kappa shape index (κ3) is 1.87. The molecular formula is C15H13NOS. The molecule has 0 radical (unpaired) electrons. The van der Waals surface area contributed by atoms with Crippen LogP contribution in [-0.4, -0.2) is 4.99 Å². The van der Waals surface area contributed by atoms with Gasteiger partial charge in [-0.25, -0.2) is 0 Å². The van der Waals surface area contributed by atoms with E-state index >= 15 is 0 Å². The highest BCUT2D eigenvalue weighted by atomic mass is 32.1. The van der Waals surface area contributed by atoms with Gasteiger partial charge < -0.3 is 10.5 Å². The van der Waals surface area contributed by atoms with Gasteiger partial charge in [-0.3, -0.25) is 0 Å². The molecule has 90 valence electrons. The van der Waals surface area contributed by atoms with Crippen molar-refractivity contribution < 1.29 is 4.74 Å². The summed E-state index contributed by atoms with van der Waals surface area (Å²) in [6.07, 6.45) is 0.893. The highest BCUT2D eigenvalue weighted by Gasteiger charge is 2.26. The summed E-state index contributed by atoms with van der Waals surface area (Å²) < 4.78 is 5.97. The first-order valence-corrected chi connectivity index (χ1v) is 6.30. The van der Waals surface area contributed by atoms with Crippen LogP contribution >= 0.6 is 12.2 Å². The van der Waals surface area contributed by atoms with E-state index in [1.807, 2.05) is 36.4 Å². The molecule has 0 spiro atoms. The predicted octanol–water partition coefficient (Wildman–Crippen LogP) is 3.00. The largest absolute Gasteiger partial charge is 0.485 e. The van der Waals surface area contributed by atoms with Crippen molar-refractivity contribution >= 4 is 17.2 Å². The molecule has 2 aromatic carbocycles. The molecule has 3 rings (SSSR count). The van der Waals surface area contributed by atoms with Gasteiger partial charge in [0.25, 0.3) is 0 Å². The first kappa shape index (κ1) is 11.2. The number of thiocarbonyl (C=S) groups is 1. The minimum Gasteiger partial charge on any atom is -0.485 e. The minimum absolute atomic E-state index is 0.0664. The van der Waals surface area contributed by atoms with Gasteiger partial charge in [-0.2, -0.15) is 0 Å². The van der Waals surface area contributed by atoms with Gasteiger partial charge in [0.05, 0.1) is 0 Å². The summed E-state index contributed by atoms with van der Waals surface area (Å²) in [5, 5.41) is 0. The maximum absolute atomic E-state index is 5.97. The van der Waals surface area contributed by atoms with E-state index in [0.717, 1.165) is 23.3 Å². The summed E-state index contributed by atoms with van der Waals surface area (Å²) in [6, 6.07) is 16.1. The minimum atomic E-state index is 0.0664. The second-order valence-corrected chi connectivity index (χ2v) is 4.81. The smallest absolute Gasteiger partial charge is 0.128 e. The van der Waals surface area contributed by atoms with E-state index in [4.69, 9.17) is 22.7 Å². The van der Waals surface area contributed by atoms with Crippen LogP contribution in [0.2, 0.25) is 0 Å². The van der Waals surface area contributed by atoms with Crippen molar-refractivity contribution in [3.63, 3.8) is 0 Å². The molecule has 18 heavy (non-hydrogen) atoms. The number of rotatable bonds is 2. The second kappa shape index (κ2) is 4.42. The van der Waals surface area contributed by atoms with Crippen molar-refractivity contribution in [2.45, 2.75) is 12.5 Å². The molecular weight excluding hydrogens is 242 g/mol. The Bertz CT molecular complexity index is 595. The molecule has 1 aliphatic rings. The fraction of sp³-hybridized carbons (Fsp3) is 0.133. The Labute approximate surface area is 111 Å². The van der Waals surface area contributed by atoms with E-state index in [1.54, 1.807) is 0 Å². The van der Waals surface area contributed by atoms with Gasteiger partial charge in [-0.15, -0.1) is 0 Å². The van der Waals surface area contributed by atoms with Crippen LogP contribution in [0.15, 0.2) is 48.5 Å². The normalized spacial score (nSPS) is 17.0. The van der Waals surface area contributed by atoms with Crippen LogP contribution in [0, 0.1) is 0 Å². The SMILES string of the molecule is NC(=S)c1cccc2c1CC(c1ccccc1)O2. The zero-order chi connectivity index (χ0) is 12.5. The van der Waals surface area contributed by atoms with Crippen molar-refractivity contribution in [1.82, 2.24) is 0 Å². The summed E-state index contributed by atoms with van der Waals surface area (Å²) in [5.41, 5.74) is 8.99. The molecule has 0 aromatic heterocycles. The van der Waals surface area contributed by atoms with Crippen LogP contribution in [0.5, 0.6) is 5.75 Å². The number of ether oxygens (including phenoxy) is 1. The molecule has 0 bridgehead atoms. The molecule has 1 heterocycles. The first-order valence-electron chi connectivity index (χ1n) is 5.89. The fourth-order valence-corrected chi connectivity index (χ4v) is 2.54. The predicted molar refractivity (Wildman–Crippen MR) is 75.8 cm³/mol. The molecule has 2 N–H and O–H groups in total. The zero-order valence-corrected chi connectivity index (χ0v) is 10.6. The average molecular weight is 255 g/mol. The fourth-order valence-electron chi connectivity index (χ4n) is 2.35. The van der Waals surface area contributed by atoms with Gasteiger partial charge >= 0.3 is 0 Å². The lowest BCUT2D eigenvalue weighted by molar-refractivity contribution is 0.238. The van der Waals surface area contributed by atoms with Crippen molar-refractivity contribution in [3.05, 3.63) is 65.2 Å².